The first kappa shape index (κ1) is 22.3. The summed E-state index contributed by atoms with van der Waals surface area (Å²) in [5.41, 5.74) is 3.93. The second kappa shape index (κ2) is 9.61. The van der Waals surface area contributed by atoms with Crippen molar-refractivity contribution in [2.75, 3.05) is 11.9 Å². The maximum absolute atomic E-state index is 12.6. The van der Waals surface area contributed by atoms with Gasteiger partial charge in [0.05, 0.1) is 12.2 Å². The van der Waals surface area contributed by atoms with Gasteiger partial charge in [-0.2, -0.15) is 0 Å². The van der Waals surface area contributed by atoms with Crippen molar-refractivity contribution in [1.29, 1.82) is 0 Å². The summed E-state index contributed by atoms with van der Waals surface area (Å²) in [4.78, 5) is 26.4. The normalized spacial score (nSPS) is 14.3. The highest BCUT2D eigenvalue weighted by atomic mass is 32.1. The molecule has 0 fully saturated rings. The lowest BCUT2D eigenvalue weighted by Gasteiger charge is -2.18. The Bertz CT molecular complexity index is 933. The van der Waals surface area contributed by atoms with Gasteiger partial charge in [-0.3, -0.25) is 4.79 Å². The molecule has 1 amide bonds. The monoisotopic (exact) mass is 425 g/mol. The van der Waals surface area contributed by atoms with Gasteiger partial charge < -0.3 is 10.1 Å². The standard InChI is InChI=1S/C25H31NO3S/c1-5-29-24(28)22-19-9-7-6-8-10-20(19)30-23(22)26-21(27)16-13-17-11-14-18(15-12-17)25(2,3)4/h11-16H,5-10H2,1-4H3,(H,26,27)/b16-13+. The first-order valence-electron chi connectivity index (χ1n) is 10.7. The second-order valence-corrected chi connectivity index (χ2v) is 9.79. The number of carbonyl (C=O) groups excluding carboxylic acids is 2. The van der Waals surface area contributed by atoms with Crippen molar-refractivity contribution < 1.29 is 14.3 Å². The zero-order valence-corrected chi connectivity index (χ0v) is 19.2. The summed E-state index contributed by atoms with van der Waals surface area (Å²) in [5, 5.41) is 3.53. The number of esters is 1. The Kier molecular flexibility index (Phi) is 7.14. The lowest BCUT2D eigenvalue weighted by molar-refractivity contribution is -0.111. The number of fused-ring (bicyclic) bond motifs is 1. The van der Waals surface area contributed by atoms with Crippen LogP contribution >= 0.6 is 11.3 Å². The Balaban J connectivity index is 1.77. The SMILES string of the molecule is CCOC(=O)c1c(NC(=O)/C=C/c2ccc(C(C)(C)C)cc2)sc2c1CCCCC2. The van der Waals surface area contributed by atoms with Crippen LogP contribution in [-0.4, -0.2) is 18.5 Å². The molecule has 4 nitrogen and oxygen atoms in total. The van der Waals surface area contributed by atoms with Crippen molar-refractivity contribution in [2.45, 2.75) is 65.2 Å². The van der Waals surface area contributed by atoms with Gasteiger partial charge in [-0.1, -0.05) is 51.5 Å². The largest absolute Gasteiger partial charge is 0.462 e. The quantitative estimate of drug-likeness (QED) is 0.355. The molecule has 0 radical (unpaired) electrons. The van der Waals surface area contributed by atoms with Crippen molar-refractivity contribution in [2.24, 2.45) is 0 Å². The highest BCUT2D eigenvalue weighted by Gasteiger charge is 2.26. The molecule has 0 atom stereocenters. The number of nitrogens with one attached hydrogen (secondary N) is 1. The van der Waals surface area contributed by atoms with Crippen LogP contribution in [0.25, 0.3) is 6.08 Å². The Morgan fingerprint density at radius 3 is 2.47 bits per heavy atom. The molecule has 160 valence electrons. The number of ether oxygens (including phenoxy) is 1. The molecule has 1 aliphatic carbocycles. The predicted octanol–water partition coefficient (Wildman–Crippen LogP) is 6.14. The third-order valence-corrected chi connectivity index (χ3v) is 6.55. The van der Waals surface area contributed by atoms with Crippen molar-refractivity contribution in [3.05, 3.63) is 57.5 Å². The van der Waals surface area contributed by atoms with Crippen molar-refractivity contribution in [3.63, 3.8) is 0 Å². The van der Waals surface area contributed by atoms with Crippen LogP contribution in [-0.2, 0) is 27.8 Å². The molecule has 1 aromatic heterocycles. The molecule has 30 heavy (non-hydrogen) atoms. The van der Waals surface area contributed by atoms with E-state index in [1.165, 1.54) is 34.3 Å². The molecule has 1 heterocycles. The zero-order valence-electron chi connectivity index (χ0n) is 18.3. The van der Waals surface area contributed by atoms with Crippen LogP contribution in [0.3, 0.4) is 0 Å². The van der Waals surface area contributed by atoms with Crippen LogP contribution in [0.1, 0.15) is 78.9 Å². The van der Waals surface area contributed by atoms with E-state index in [1.54, 1.807) is 13.0 Å². The fraction of sp³-hybridized carbons (Fsp3) is 0.440. The molecule has 3 rings (SSSR count). The minimum Gasteiger partial charge on any atom is -0.462 e. The van der Waals surface area contributed by atoms with Gasteiger partial charge in [0, 0.05) is 11.0 Å². The van der Waals surface area contributed by atoms with Crippen molar-refractivity contribution >= 4 is 34.3 Å². The molecule has 1 aromatic carbocycles. The van der Waals surface area contributed by atoms with Gasteiger partial charge in [-0.25, -0.2) is 4.79 Å². The summed E-state index contributed by atoms with van der Waals surface area (Å²) in [6.45, 7) is 8.65. The lowest BCUT2D eigenvalue weighted by atomic mass is 9.87. The van der Waals surface area contributed by atoms with Crippen LogP contribution in [0.4, 0.5) is 5.00 Å². The number of benzene rings is 1. The van der Waals surface area contributed by atoms with Crippen LogP contribution in [0.5, 0.6) is 0 Å². The number of amides is 1. The minimum atomic E-state index is -0.339. The van der Waals surface area contributed by atoms with E-state index in [1.807, 2.05) is 12.1 Å². The molecular formula is C25H31NO3S. The summed E-state index contributed by atoms with van der Waals surface area (Å²) >= 11 is 1.52. The van der Waals surface area contributed by atoms with Gasteiger partial charge in [0.25, 0.3) is 0 Å². The molecule has 0 saturated carbocycles. The molecule has 0 bridgehead atoms. The highest BCUT2D eigenvalue weighted by molar-refractivity contribution is 7.17. The van der Waals surface area contributed by atoms with E-state index in [-0.39, 0.29) is 17.3 Å². The summed E-state index contributed by atoms with van der Waals surface area (Å²) in [5.74, 6) is -0.578. The zero-order chi connectivity index (χ0) is 21.7. The van der Waals surface area contributed by atoms with Gasteiger partial charge in [-0.15, -0.1) is 11.3 Å². The van der Waals surface area contributed by atoms with Crippen molar-refractivity contribution in [1.82, 2.24) is 0 Å². The Morgan fingerprint density at radius 1 is 1.10 bits per heavy atom. The smallest absolute Gasteiger partial charge is 0.341 e. The fourth-order valence-corrected chi connectivity index (χ4v) is 4.95. The van der Waals surface area contributed by atoms with E-state index >= 15 is 0 Å². The van der Waals surface area contributed by atoms with E-state index in [4.69, 9.17) is 4.74 Å². The van der Waals surface area contributed by atoms with Gasteiger partial charge >= 0.3 is 5.97 Å². The van der Waals surface area contributed by atoms with Gasteiger partial charge in [-0.05, 0) is 60.8 Å². The Hall–Kier alpha value is -2.40. The molecule has 1 aliphatic rings. The first-order valence-corrected chi connectivity index (χ1v) is 11.5. The molecule has 0 saturated heterocycles. The third-order valence-electron chi connectivity index (χ3n) is 5.34. The van der Waals surface area contributed by atoms with Crippen molar-refractivity contribution in [3.8, 4) is 0 Å². The summed E-state index contributed by atoms with van der Waals surface area (Å²) in [7, 11) is 0. The van der Waals surface area contributed by atoms with E-state index in [0.29, 0.717) is 17.2 Å². The predicted molar refractivity (Wildman–Crippen MR) is 124 cm³/mol. The number of hydrogen-bond donors (Lipinski definition) is 1. The van der Waals surface area contributed by atoms with Crippen LogP contribution in [0, 0.1) is 0 Å². The second-order valence-electron chi connectivity index (χ2n) is 8.68. The molecular weight excluding hydrogens is 394 g/mol. The van der Waals surface area contributed by atoms with E-state index in [2.05, 4.69) is 38.2 Å². The molecule has 0 spiro atoms. The Labute approximate surface area is 183 Å². The topological polar surface area (TPSA) is 55.4 Å². The number of rotatable bonds is 5. The minimum absolute atomic E-state index is 0.0975. The summed E-state index contributed by atoms with van der Waals surface area (Å²) in [6, 6.07) is 8.21. The molecule has 0 unspecified atom stereocenters. The van der Waals surface area contributed by atoms with E-state index in [9.17, 15) is 9.59 Å². The number of anilines is 1. The average Bonchev–Trinajstić information content (AvgIpc) is 2.86. The molecule has 5 heteroatoms. The van der Waals surface area contributed by atoms with Crippen LogP contribution in [0.15, 0.2) is 30.3 Å². The number of carbonyl (C=O) groups is 2. The number of hydrogen-bond acceptors (Lipinski definition) is 4. The van der Waals surface area contributed by atoms with E-state index in [0.717, 1.165) is 36.8 Å². The van der Waals surface area contributed by atoms with Gasteiger partial charge in [0.2, 0.25) is 5.91 Å². The average molecular weight is 426 g/mol. The first-order chi connectivity index (χ1) is 14.3. The number of thiophene rings is 1. The maximum atomic E-state index is 12.6. The molecule has 0 aliphatic heterocycles. The molecule has 2 aromatic rings. The van der Waals surface area contributed by atoms with Gasteiger partial charge in [0.15, 0.2) is 0 Å². The highest BCUT2D eigenvalue weighted by Crippen LogP contribution is 2.38. The molecule has 1 N–H and O–H groups in total. The third kappa shape index (κ3) is 5.39. The van der Waals surface area contributed by atoms with E-state index < -0.39 is 0 Å². The summed E-state index contributed by atoms with van der Waals surface area (Å²) in [6.07, 6.45) is 8.49. The van der Waals surface area contributed by atoms with Gasteiger partial charge in [0.1, 0.15) is 5.00 Å². The maximum Gasteiger partial charge on any atom is 0.341 e. The van der Waals surface area contributed by atoms with Crippen LogP contribution in [0.2, 0.25) is 0 Å². The number of aryl methyl sites for hydroxylation is 1. The summed E-state index contributed by atoms with van der Waals surface area (Å²) < 4.78 is 5.28. The fourth-order valence-electron chi connectivity index (χ4n) is 3.67. The lowest BCUT2D eigenvalue weighted by Crippen LogP contribution is -2.13. The van der Waals surface area contributed by atoms with Crippen LogP contribution < -0.4 is 5.32 Å². The Morgan fingerprint density at radius 2 is 1.80 bits per heavy atom.